The lowest BCUT2D eigenvalue weighted by Crippen LogP contribution is -2.35. The molecule has 2 aliphatic rings. The molecule has 10 heavy (non-hydrogen) atoms. The van der Waals surface area contributed by atoms with Gasteiger partial charge in [0.1, 0.15) is 0 Å². The molecule has 0 aromatic heterocycles. The minimum absolute atomic E-state index is 0.0694. The van der Waals surface area contributed by atoms with E-state index in [4.69, 9.17) is 4.74 Å². The molecule has 58 valence electrons. The second-order valence-corrected chi connectivity index (χ2v) is 3.32. The zero-order valence-electron chi connectivity index (χ0n) is 5.97. The Balaban J connectivity index is 2.11. The molecule has 3 heteroatoms. The smallest absolute Gasteiger partial charge is 0.0864 e. The summed E-state index contributed by atoms with van der Waals surface area (Å²) in [6.07, 6.45) is 0.830. The van der Waals surface area contributed by atoms with Crippen LogP contribution in [-0.4, -0.2) is 37.5 Å². The van der Waals surface area contributed by atoms with Gasteiger partial charge in [-0.2, -0.15) is 0 Å². The van der Waals surface area contributed by atoms with Crippen LogP contribution in [0, 0.1) is 5.41 Å². The standard InChI is InChI=1S/C7H13NO2/c9-6-3-10-5-7(6)1-2-8-4-7/h6,8-9H,1-5H2. The Bertz CT molecular complexity index is 126. The van der Waals surface area contributed by atoms with Gasteiger partial charge in [0.05, 0.1) is 19.3 Å². The van der Waals surface area contributed by atoms with E-state index in [0.717, 1.165) is 26.1 Å². The van der Waals surface area contributed by atoms with E-state index in [2.05, 4.69) is 5.32 Å². The van der Waals surface area contributed by atoms with Crippen LogP contribution >= 0.6 is 0 Å². The Morgan fingerprint density at radius 1 is 1.60 bits per heavy atom. The predicted octanol–water partition coefficient (Wildman–Crippen LogP) is -0.643. The maximum Gasteiger partial charge on any atom is 0.0864 e. The van der Waals surface area contributed by atoms with Crippen molar-refractivity contribution in [3.8, 4) is 0 Å². The van der Waals surface area contributed by atoms with Crippen LogP contribution in [0.3, 0.4) is 0 Å². The third-order valence-electron chi connectivity index (χ3n) is 2.65. The average Bonchev–Trinajstić information content (AvgIpc) is 2.48. The fourth-order valence-corrected chi connectivity index (χ4v) is 1.82. The van der Waals surface area contributed by atoms with Gasteiger partial charge in [0.15, 0.2) is 0 Å². The van der Waals surface area contributed by atoms with Gasteiger partial charge in [-0.25, -0.2) is 0 Å². The molecule has 0 bridgehead atoms. The summed E-state index contributed by atoms with van der Waals surface area (Å²) in [5.74, 6) is 0. The van der Waals surface area contributed by atoms with Crippen LogP contribution in [0.5, 0.6) is 0 Å². The van der Waals surface area contributed by atoms with E-state index in [1.807, 2.05) is 0 Å². The summed E-state index contributed by atoms with van der Waals surface area (Å²) >= 11 is 0. The van der Waals surface area contributed by atoms with Crippen LogP contribution in [0.2, 0.25) is 0 Å². The minimum atomic E-state index is -0.234. The highest BCUT2D eigenvalue weighted by molar-refractivity contribution is 4.96. The van der Waals surface area contributed by atoms with E-state index < -0.39 is 0 Å². The molecule has 0 saturated carbocycles. The fourth-order valence-electron chi connectivity index (χ4n) is 1.82. The number of rotatable bonds is 0. The molecule has 2 aliphatic heterocycles. The topological polar surface area (TPSA) is 41.5 Å². The predicted molar refractivity (Wildman–Crippen MR) is 36.7 cm³/mol. The number of hydrogen-bond donors (Lipinski definition) is 2. The van der Waals surface area contributed by atoms with Crippen LogP contribution in [-0.2, 0) is 4.74 Å². The second kappa shape index (κ2) is 2.19. The van der Waals surface area contributed by atoms with Gasteiger partial charge in [-0.3, -0.25) is 0 Å². The molecular weight excluding hydrogens is 130 g/mol. The summed E-state index contributed by atoms with van der Waals surface area (Å²) in [6.45, 7) is 3.22. The summed E-state index contributed by atoms with van der Waals surface area (Å²) < 4.78 is 5.20. The zero-order chi connectivity index (χ0) is 7.03. The van der Waals surface area contributed by atoms with Gasteiger partial charge in [-0.05, 0) is 13.0 Å². The number of aliphatic hydroxyl groups is 1. The van der Waals surface area contributed by atoms with Gasteiger partial charge in [0.25, 0.3) is 0 Å². The summed E-state index contributed by atoms with van der Waals surface area (Å²) in [7, 11) is 0. The quantitative estimate of drug-likeness (QED) is 0.474. The van der Waals surface area contributed by atoms with Crippen molar-refractivity contribution in [1.29, 1.82) is 0 Å². The lowest BCUT2D eigenvalue weighted by Gasteiger charge is -2.23. The van der Waals surface area contributed by atoms with Crippen LogP contribution in [0.1, 0.15) is 6.42 Å². The van der Waals surface area contributed by atoms with Gasteiger partial charge in [0, 0.05) is 12.0 Å². The first-order valence-electron chi connectivity index (χ1n) is 3.80. The van der Waals surface area contributed by atoms with E-state index in [1.54, 1.807) is 0 Å². The van der Waals surface area contributed by atoms with Crippen molar-refractivity contribution in [2.45, 2.75) is 12.5 Å². The van der Waals surface area contributed by atoms with Crippen LogP contribution in [0.15, 0.2) is 0 Å². The van der Waals surface area contributed by atoms with Crippen molar-refractivity contribution < 1.29 is 9.84 Å². The van der Waals surface area contributed by atoms with Crippen LogP contribution in [0.25, 0.3) is 0 Å². The molecule has 2 atom stereocenters. The molecule has 2 fully saturated rings. The largest absolute Gasteiger partial charge is 0.390 e. The Kier molecular flexibility index (Phi) is 1.44. The lowest BCUT2D eigenvalue weighted by molar-refractivity contribution is 0.0823. The number of ether oxygens (including phenoxy) is 1. The molecule has 0 aromatic rings. The van der Waals surface area contributed by atoms with E-state index in [0.29, 0.717) is 6.61 Å². The maximum atomic E-state index is 9.51. The zero-order valence-corrected chi connectivity index (χ0v) is 5.97. The maximum absolute atomic E-state index is 9.51. The Morgan fingerprint density at radius 3 is 3.00 bits per heavy atom. The number of aliphatic hydroxyl groups excluding tert-OH is 1. The highest BCUT2D eigenvalue weighted by Crippen LogP contribution is 2.34. The average molecular weight is 143 g/mol. The highest BCUT2D eigenvalue weighted by Gasteiger charge is 2.44. The summed E-state index contributed by atoms with van der Waals surface area (Å²) in [5.41, 5.74) is 0.0694. The minimum Gasteiger partial charge on any atom is -0.390 e. The van der Waals surface area contributed by atoms with Gasteiger partial charge >= 0.3 is 0 Å². The number of hydrogen-bond acceptors (Lipinski definition) is 3. The molecule has 3 nitrogen and oxygen atoms in total. The van der Waals surface area contributed by atoms with E-state index >= 15 is 0 Å². The normalized spacial score (nSPS) is 47.1. The summed E-state index contributed by atoms with van der Waals surface area (Å²) in [5, 5.41) is 12.8. The van der Waals surface area contributed by atoms with Crippen molar-refractivity contribution in [3.63, 3.8) is 0 Å². The molecule has 0 radical (unpaired) electrons. The highest BCUT2D eigenvalue weighted by atomic mass is 16.5. The Morgan fingerprint density at radius 2 is 2.50 bits per heavy atom. The Hall–Kier alpha value is -0.120. The first-order chi connectivity index (χ1) is 4.83. The molecule has 2 N–H and O–H groups in total. The van der Waals surface area contributed by atoms with Crippen LogP contribution < -0.4 is 5.32 Å². The summed E-state index contributed by atoms with van der Waals surface area (Å²) in [4.78, 5) is 0. The number of nitrogens with one attached hydrogen (secondary N) is 1. The fraction of sp³-hybridized carbons (Fsp3) is 1.00. The van der Waals surface area contributed by atoms with Gasteiger partial charge in [-0.15, -0.1) is 0 Å². The molecular formula is C7H13NO2. The van der Waals surface area contributed by atoms with Crippen molar-refractivity contribution in [1.82, 2.24) is 5.32 Å². The summed E-state index contributed by atoms with van der Waals surface area (Å²) in [6, 6.07) is 0. The molecule has 0 amide bonds. The second-order valence-electron chi connectivity index (χ2n) is 3.32. The van der Waals surface area contributed by atoms with E-state index in [-0.39, 0.29) is 11.5 Å². The van der Waals surface area contributed by atoms with Gasteiger partial charge in [-0.1, -0.05) is 0 Å². The van der Waals surface area contributed by atoms with E-state index in [1.165, 1.54) is 0 Å². The first-order valence-corrected chi connectivity index (χ1v) is 3.80. The van der Waals surface area contributed by atoms with E-state index in [9.17, 15) is 5.11 Å². The van der Waals surface area contributed by atoms with Crippen molar-refractivity contribution >= 4 is 0 Å². The molecule has 2 unspecified atom stereocenters. The van der Waals surface area contributed by atoms with Crippen molar-refractivity contribution in [2.24, 2.45) is 5.41 Å². The third kappa shape index (κ3) is 0.779. The van der Waals surface area contributed by atoms with Crippen molar-refractivity contribution in [3.05, 3.63) is 0 Å². The first kappa shape index (κ1) is 6.58. The lowest BCUT2D eigenvalue weighted by atomic mass is 9.84. The molecule has 0 aromatic carbocycles. The SMILES string of the molecule is OC1COCC12CCNC2. The van der Waals surface area contributed by atoms with Gasteiger partial charge < -0.3 is 15.2 Å². The molecule has 0 aliphatic carbocycles. The molecule has 2 rings (SSSR count). The monoisotopic (exact) mass is 143 g/mol. The molecule has 1 spiro atoms. The van der Waals surface area contributed by atoms with Crippen molar-refractivity contribution in [2.75, 3.05) is 26.3 Å². The molecule has 2 saturated heterocycles. The Labute approximate surface area is 60.4 Å². The van der Waals surface area contributed by atoms with Crippen LogP contribution in [0.4, 0.5) is 0 Å². The third-order valence-corrected chi connectivity index (χ3v) is 2.65. The van der Waals surface area contributed by atoms with Gasteiger partial charge in [0.2, 0.25) is 0 Å². The molecule has 2 heterocycles.